The van der Waals surface area contributed by atoms with Crippen LogP contribution in [0.1, 0.15) is 92.0 Å². The topological polar surface area (TPSA) is 91.3 Å². The predicted molar refractivity (Wildman–Crippen MR) is 126 cm³/mol. The number of anilines is 1. The maximum absolute atomic E-state index is 13.2. The molecule has 1 N–H and O–H groups in total. The molecule has 2 fully saturated rings. The van der Waals surface area contributed by atoms with Crippen molar-refractivity contribution in [3.63, 3.8) is 0 Å². The molecule has 4 rings (SSSR count). The van der Waals surface area contributed by atoms with Gasteiger partial charge in [0.05, 0.1) is 18.3 Å². The molecular weight excluding hydrogens is 476 g/mol. The van der Waals surface area contributed by atoms with Crippen LogP contribution in [-0.2, 0) is 11.8 Å². The maximum atomic E-state index is 13.2. The van der Waals surface area contributed by atoms with Crippen molar-refractivity contribution in [3.05, 3.63) is 33.1 Å². The molecule has 1 aliphatic heterocycles. The molecule has 176 valence electrons. The van der Waals surface area contributed by atoms with Crippen LogP contribution in [0.5, 0.6) is 0 Å². The number of aromatic nitrogens is 3. The van der Waals surface area contributed by atoms with E-state index < -0.39 is 5.91 Å². The Morgan fingerprint density at radius 1 is 1.22 bits per heavy atom. The van der Waals surface area contributed by atoms with Gasteiger partial charge in [0.1, 0.15) is 11.8 Å². The smallest absolute Gasteiger partial charge is 0.291 e. The summed E-state index contributed by atoms with van der Waals surface area (Å²) < 4.78 is 15.1. The summed E-state index contributed by atoms with van der Waals surface area (Å²) in [5, 5.41) is 6.84. The highest BCUT2D eigenvalue weighted by Gasteiger charge is 2.39. The minimum Gasteiger partial charge on any atom is -0.370 e. The summed E-state index contributed by atoms with van der Waals surface area (Å²) in [6.45, 7) is 8.53. The minimum atomic E-state index is -0.436. The van der Waals surface area contributed by atoms with Crippen LogP contribution < -0.4 is 10.9 Å². The first kappa shape index (κ1) is 23.3. The van der Waals surface area contributed by atoms with Crippen molar-refractivity contribution in [2.24, 2.45) is 13.0 Å². The quantitative estimate of drug-likeness (QED) is 0.585. The summed E-state index contributed by atoms with van der Waals surface area (Å²) >= 11 is 3.72. The average Bonchev–Trinajstić information content (AvgIpc) is 3.43. The molecule has 0 radical (unpaired) electrons. The summed E-state index contributed by atoms with van der Waals surface area (Å²) in [7, 11) is 1.87. The van der Waals surface area contributed by atoms with E-state index in [2.05, 4.69) is 40.3 Å². The Morgan fingerprint density at radius 3 is 2.53 bits per heavy atom. The van der Waals surface area contributed by atoms with E-state index in [1.807, 2.05) is 25.6 Å². The first-order chi connectivity index (χ1) is 15.1. The molecule has 32 heavy (non-hydrogen) atoms. The highest BCUT2D eigenvalue weighted by Crippen LogP contribution is 2.42. The SMILES string of the molecule is Cc1c(C(=O)Nc2c(C)n(C)n(C3CCCCC3)c2=O)noc1[C@H]1CC(C(C)(C)Br)CO1. The Hall–Kier alpha value is -1.87. The number of nitrogens with zero attached hydrogens (tertiary/aromatic N) is 3. The third kappa shape index (κ3) is 4.21. The van der Waals surface area contributed by atoms with Crippen molar-refractivity contribution >= 4 is 27.5 Å². The lowest BCUT2D eigenvalue weighted by Crippen LogP contribution is -2.29. The number of amides is 1. The van der Waals surface area contributed by atoms with E-state index in [1.54, 1.807) is 4.68 Å². The highest BCUT2D eigenvalue weighted by molar-refractivity contribution is 9.10. The van der Waals surface area contributed by atoms with Crippen LogP contribution in [-0.4, -0.2) is 31.4 Å². The summed E-state index contributed by atoms with van der Waals surface area (Å²) in [5.74, 6) is 0.479. The number of hydrogen-bond donors (Lipinski definition) is 1. The van der Waals surface area contributed by atoms with Gasteiger partial charge in [0, 0.05) is 16.9 Å². The van der Waals surface area contributed by atoms with Crippen molar-refractivity contribution in [2.75, 3.05) is 11.9 Å². The van der Waals surface area contributed by atoms with Gasteiger partial charge < -0.3 is 14.6 Å². The summed E-state index contributed by atoms with van der Waals surface area (Å²) in [6.07, 6.45) is 6.01. The number of hydrogen-bond acceptors (Lipinski definition) is 5. The molecular formula is C23H33BrN4O4. The zero-order valence-corrected chi connectivity index (χ0v) is 21.1. The van der Waals surface area contributed by atoms with E-state index in [0.29, 0.717) is 29.5 Å². The van der Waals surface area contributed by atoms with E-state index in [-0.39, 0.29) is 27.7 Å². The van der Waals surface area contributed by atoms with Crippen LogP contribution in [0.25, 0.3) is 0 Å². The number of carbonyl (C=O) groups excluding carboxylic acids is 1. The normalized spacial score (nSPS) is 22.4. The molecule has 0 bridgehead atoms. The van der Waals surface area contributed by atoms with E-state index >= 15 is 0 Å². The largest absolute Gasteiger partial charge is 0.370 e. The maximum Gasteiger partial charge on any atom is 0.291 e. The van der Waals surface area contributed by atoms with Gasteiger partial charge in [-0.05, 0) is 52.9 Å². The molecule has 1 unspecified atom stereocenters. The molecule has 2 aromatic heterocycles. The standard InChI is InChI=1S/C23H33BrN4O4/c1-13-18(26-32-20(13)17-11-15(12-31-17)23(3,4)24)21(29)25-19-14(2)27(5)28(22(19)30)16-9-7-6-8-10-16/h15-17H,6-12H2,1-5H3,(H,25,29)/t15?,17-/m1/s1. The number of ether oxygens (including phenoxy) is 1. The summed E-state index contributed by atoms with van der Waals surface area (Å²) in [4.78, 5) is 26.2. The van der Waals surface area contributed by atoms with Gasteiger partial charge in [0.25, 0.3) is 11.5 Å². The van der Waals surface area contributed by atoms with Gasteiger partial charge in [-0.15, -0.1) is 0 Å². The molecule has 2 atom stereocenters. The van der Waals surface area contributed by atoms with Crippen molar-refractivity contribution in [2.45, 2.75) is 82.7 Å². The Balaban J connectivity index is 1.54. The van der Waals surface area contributed by atoms with Crippen molar-refractivity contribution in [1.82, 2.24) is 14.5 Å². The fourth-order valence-electron chi connectivity index (χ4n) is 4.93. The van der Waals surface area contributed by atoms with Gasteiger partial charge in [-0.25, -0.2) is 4.68 Å². The second kappa shape index (κ2) is 8.82. The first-order valence-electron chi connectivity index (χ1n) is 11.5. The van der Waals surface area contributed by atoms with E-state index in [4.69, 9.17) is 9.26 Å². The monoisotopic (exact) mass is 508 g/mol. The van der Waals surface area contributed by atoms with Crippen molar-refractivity contribution in [1.29, 1.82) is 0 Å². The molecule has 9 heteroatoms. The summed E-state index contributed by atoms with van der Waals surface area (Å²) in [5.41, 5.74) is 1.73. The molecule has 3 heterocycles. The van der Waals surface area contributed by atoms with Crippen LogP contribution in [0.15, 0.2) is 9.32 Å². The van der Waals surface area contributed by atoms with Gasteiger partial charge >= 0.3 is 0 Å². The van der Waals surface area contributed by atoms with Gasteiger partial charge in [-0.2, -0.15) is 0 Å². The number of alkyl halides is 1. The Bertz CT molecular complexity index is 1060. The third-order valence-electron chi connectivity index (χ3n) is 7.19. The molecule has 1 saturated heterocycles. The lowest BCUT2D eigenvalue weighted by molar-refractivity contribution is 0.0828. The Morgan fingerprint density at radius 2 is 1.91 bits per heavy atom. The number of rotatable bonds is 5. The molecule has 1 aliphatic carbocycles. The lowest BCUT2D eigenvalue weighted by atomic mass is 9.92. The Kier molecular flexibility index (Phi) is 6.42. The van der Waals surface area contributed by atoms with Gasteiger partial charge in [0.2, 0.25) is 0 Å². The van der Waals surface area contributed by atoms with Crippen LogP contribution in [0.4, 0.5) is 5.69 Å². The number of nitrogens with one attached hydrogen (secondary N) is 1. The van der Waals surface area contributed by atoms with Gasteiger partial charge in [-0.1, -0.05) is 40.3 Å². The minimum absolute atomic E-state index is 0.0427. The first-order valence-corrected chi connectivity index (χ1v) is 12.2. The van der Waals surface area contributed by atoms with E-state index in [9.17, 15) is 9.59 Å². The Labute approximate surface area is 196 Å². The highest BCUT2D eigenvalue weighted by atomic mass is 79.9. The zero-order valence-electron chi connectivity index (χ0n) is 19.5. The fourth-order valence-corrected chi connectivity index (χ4v) is 5.25. The molecule has 2 aromatic rings. The molecule has 0 spiro atoms. The average molecular weight is 509 g/mol. The second-order valence-corrected chi connectivity index (χ2v) is 11.8. The van der Waals surface area contributed by atoms with Crippen molar-refractivity contribution in [3.8, 4) is 0 Å². The second-order valence-electron chi connectivity index (χ2n) is 9.72. The van der Waals surface area contributed by atoms with Crippen LogP contribution in [0, 0.1) is 19.8 Å². The zero-order chi connectivity index (χ0) is 23.2. The van der Waals surface area contributed by atoms with Gasteiger partial charge in [0.15, 0.2) is 11.5 Å². The molecule has 0 aromatic carbocycles. The van der Waals surface area contributed by atoms with E-state index in [0.717, 1.165) is 37.8 Å². The number of halogens is 1. The lowest BCUT2D eigenvalue weighted by Gasteiger charge is -2.24. The summed E-state index contributed by atoms with van der Waals surface area (Å²) in [6, 6.07) is 0.178. The van der Waals surface area contributed by atoms with Crippen LogP contribution in [0.3, 0.4) is 0 Å². The van der Waals surface area contributed by atoms with Crippen LogP contribution in [0.2, 0.25) is 0 Å². The molecule has 2 aliphatic rings. The number of carbonyl (C=O) groups is 1. The van der Waals surface area contributed by atoms with Crippen LogP contribution >= 0.6 is 15.9 Å². The van der Waals surface area contributed by atoms with Crippen molar-refractivity contribution < 1.29 is 14.1 Å². The van der Waals surface area contributed by atoms with E-state index in [1.165, 1.54) is 6.42 Å². The molecule has 8 nitrogen and oxygen atoms in total. The predicted octanol–water partition coefficient (Wildman–Crippen LogP) is 4.80. The molecule has 1 amide bonds. The van der Waals surface area contributed by atoms with Gasteiger partial charge in [-0.3, -0.25) is 14.3 Å². The molecule has 1 saturated carbocycles. The third-order valence-corrected chi connectivity index (χ3v) is 7.83. The fraction of sp³-hybridized carbons (Fsp3) is 0.696.